The lowest BCUT2D eigenvalue weighted by molar-refractivity contribution is -0.149. The third-order valence-electron chi connectivity index (χ3n) is 3.28. The third-order valence-corrected chi connectivity index (χ3v) is 3.28. The van der Waals surface area contributed by atoms with Crippen LogP contribution in [0.5, 0.6) is 0 Å². The number of carboxylic acid groups (broad SMARTS) is 1. The van der Waals surface area contributed by atoms with Crippen molar-refractivity contribution in [1.82, 2.24) is 4.90 Å². The van der Waals surface area contributed by atoms with Crippen molar-refractivity contribution in [2.75, 3.05) is 19.8 Å². The summed E-state index contributed by atoms with van der Waals surface area (Å²) in [5.74, 6) is -0.910. The van der Waals surface area contributed by atoms with Gasteiger partial charge in [-0.25, -0.2) is 0 Å². The molecule has 14 heavy (non-hydrogen) atoms. The molecule has 0 aliphatic carbocycles. The molecule has 1 amide bonds. The minimum atomic E-state index is -0.844. The number of amides is 1. The van der Waals surface area contributed by atoms with Crippen LogP contribution < -0.4 is 0 Å². The zero-order valence-corrected chi connectivity index (χ0v) is 8.02. The van der Waals surface area contributed by atoms with Crippen LogP contribution in [-0.2, 0) is 14.3 Å². The highest BCUT2D eigenvalue weighted by atomic mass is 16.5. The second kappa shape index (κ2) is 2.95. The van der Waals surface area contributed by atoms with E-state index in [9.17, 15) is 9.59 Å². The van der Waals surface area contributed by atoms with E-state index in [1.807, 2.05) is 0 Å². The maximum absolute atomic E-state index is 11.2. The predicted octanol–water partition coefficient (Wildman–Crippen LogP) is -0.292. The van der Waals surface area contributed by atoms with Crippen LogP contribution >= 0.6 is 0 Å². The fourth-order valence-corrected chi connectivity index (χ4v) is 2.40. The lowest BCUT2D eigenvalue weighted by Gasteiger charge is -2.25. The second-order valence-corrected chi connectivity index (χ2v) is 3.95. The summed E-state index contributed by atoms with van der Waals surface area (Å²) < 4.78 is 5.18. The van der Waals surface area contributed by atoms with E-state index in [-0.39, 0.29) is 18.6 Å². The molecule has 1 N–H and O–H groups in total. The molecule has 0 aromatic carbocycles. The van der Waals surface area contributed by atoms with Gasteiger partial charge in [0.05, 0.1) is 19.3 Å². The number of rotatable bonds is 1. The van der Waals surface area contributed by atoms with Crippen molar-refractivity contribution in [3.05, 3.63) is 0 Å². The Hall–Kier alpha value is -1.10. The minimum Gasteiger partial charge on any atom is -0.481 e. The molecule has 2 aliphatic rings. The van der Waals surface area contributed by atoms with Crippen LogP contribution in [0.15, 0.2) is 0 Å². The summed E-state index contributed by atoms with van der Waals surface area (Å²) in [7, 11) is 0. The van der Waals surface area contributed by atoms with Gasteiger partial charge in [-0.2, -0.15) is 0 Å². The zero-order chi connectivity index (χ0) is 10.3. The highest BCUT2D eigenvalue weighted by Crippen LogP contribution is 2.41. The van der Waals surface area contributed by atoms with Gasteiger partial charge < -0.3 is 14.7 Å². The standard InChI is InChI=1S/C9H13NO4/c1-6(11)10-3-2-9(8(12)13)5-14-4-7(9)10/h7H,2-5H2,1H3,(H,12,13). The van der Waals surface area contributed by atoms with E-state index < -0.39 is 11.4 Å². The first kappa shape index (κ1) is 9.45. The van der Waals surface area contributed by atoms with E-state index >= 15 is 0 Å². The van der Waals surface area contributed by atoms with Crippen LogP contribution in [0.2, 0.25) is 0 Å². The van der Waals surface area contributed by atoms with E-state index in [1.54, 1.807) is 4.90 Å². The molecule has 0 bridgehead atoms. The van der Waals surface area contributed by atoms with E-state index in [4.69, 9.17) is 9.84 Å². The smallest absolute Gasteiger partial charge is 0.314 e. The Kier molecular flexibility index (Phi) is 1.99. The van der Waals surface area contributed by atoms with Gasteiger partial charge in [0.25, 0.3) is 0 Å². The van der Waals surface area contributed by atoms with Crippen LogP contribution in [0.4, 0.5) is 0 Å². The number of likely N-dealkylation sites (tertiary alicyclic amines) is 1. The fourth-order valence-electron chi connectivity index (χ4n) is 2.40. The Morgan fingerprint density at radius 2 is 2.29 bits per heavy atom. The Morgan fingerprint density at radius 3 is 2.86 bits per heavy atom. The van der Waals surface area contributed by atoms with Crippen molar-refractivity contribution < 1.29 is 19.4 Å². The Morgan fingerprint density at radius 1 is 1.57 bits per heavy atom. The van der Waals surface area contributed by atoms with Crippen molar-refractivity contribution >= 4 is 11.9 Å². The largest absolute Gasteiger partial charge is 0.481 e. The summed E-state index contributed by atoms with van der Waals surface area (Å²) in [6, 6.07) is -0.266. The van der Waals surface area contributed by atoms with E-state index in [1.165, 1.54) is 6.92 Å². The van der Waals surface area contributed by atoms with Gasteiger partial charge in [-0.1, -0.05) is 0 Å². The molecule has 2 saturated heterocycles. The molecule has 2 rings (SSSR count). The molecular weight excluding hydrogens is 186 g/mol. The molecule has 2 heterocycles. The molecule has 5 heteroatoms. The molecule has 0 radical (unpaired) electrons. The van der Waals surface area contributed by atoms with Gasteiger partial charge in [0.15, 0.2) is 0 Å². The molecule has 5 nitrogen and oxygen atoms in total. The monoisotopic (exact) mass is 199 g/mol. The molecule has 0 aromatic rings. The molecule has 0 saturated carbocycles. The third kappa shape index (κ3) is 1.05. The number of nitrogens with zero attached hydrogens (tertiary/aromatic N) is 1. The highest BCUT2D eigenvalue weighted by Gasteiger charge is 2.57. The van der Waals surface area contributed by atoms with Crippen LogP contribution in [0.3, 0.4) is 0 Å². The molecule has 2 aliphatic heterocycles. The van der Waals surface area contributed by atoms with Crippen molar-refractivity contribution in [2.45, 2.75) is 19.4 Å². The molecule has 2 unspecified atom stereocenters. The number of hydrogen-bond donors (Lipinski definition) is 1. The number of ether oxygens (including phenoxy) is 1. The average Bonchev–Trinajstić information content (AvgIpc) is 2.58. The summed E-state index contributed by atoms with van der Waals surface area (Å²) in [5, 5.41) is 9.16. The fraction of sp³-hybridized carbons (Fsp3) is 0.778. The van der Waals surface area contributed by atoms with Crippen LogP contribution in [0.1, 0.15) is 13.3 Å². The summed E-state index contributed by atoms with van der Waals surface area (Å²) in [6.07, 6.45) is 0.507. The predicted molar refractivity (Wildman–Crippen MR) is 46.7 cm³/mol. The molecule has 2 atom stereocenters. The average molecular weight is 199 g/mol. The Balaban J connectivity index is 2.28. The van der Waals surface area contributed by atoms with Gasteiger partial charge in [-0.05, 0) is 6.42 Å². The Labute approximate surface area is 81.6 Å². The summed E-state index contributed by atoms with van der Waals surface area (Å²) in [5.41, 5.74) is -0.842. The normalized spacial score (nSPS) is 35.8. The van der Waals surface area contributed by atoms with E-state index in [0.717, 1.165) is 0 Å². The number of fused-ring (bicyclic) bond motifs is 1. The molecule has 2 fully saturated rings. The maximum atomic E-state index is 11.2. The number of hydrogen-bond acceptors (Lipinski definition) is 3. The second-order valence-electron chi connectivity index (χ2n) is 3.95. The van der Waals surface area contributed by atoms with Crippen molar-refractivity contribution in [3.8, 4) is 0 Å². The summed E-state index contributed by atoms with van der Waals surface area (Å²) in [6.45, 7) is 2.59. The highest BCUT2D eigenvalue weighted by molar-refractivity contribution is 5.81. The number of carbonyl (C=O) groups excluding carboxylic acids is 1. The molecule has 78 valence electrons. The van der Waals surface area contributed by atoms with E-state index in [2.05, 4.69) is 0 Å². The molecule has 0 spiro atoms. The SMILES string of the molecule is CC(=O)N1CCC2(C(=O)O)COCC12. The first-order valence-corrected chi connectivity index (χ1v) is 4.66. The topological polar surface area (TPSA) is 66.8 Å². The number of carbonyl (C=O) groups is 2. The Bertz CT molecular complexity index is 291. The van der Waals surface area contributed by atoms with Crippen LogP contribution in [-0.4, -0.2) is 47.7 Å². The van der Waals surface area contributed by atoms with Gasteiger partial charge in [0.1, 0.15) is 5.41 Å². The molecular formula is C9H13NO4. The van der Waals surface area contributed by atoms with Crippen molar-refractivity contribution in [1.29, 1.82) is 0 Å². The van der Waals surface area contributed by atoms with E-state index in [0.29, 0.717) is 19.6 Å². The minimum absolute atomic E-state index is 0.0661. The van der Waals surface area contributed by atoms with Gasteiger partial charge in [-0.3, -0.25) is 9.59 Å². The van der Waals surface area contributed by atoms with Crippen LogP contribution in [0.25, 0.3) is 0 Å². The quantitative estimate of drug-likeness (QED) is 0.630. The van der Waals surface area contributed by atoms with Crippen LogP contribution in [0, 0.1) is 5.41 Å². The van der Waals surface area contributed by atoms with Gasteiger partial charge in [-0.15, -0.1) is 0 Å². The lowest BCUT2D eigenvalue weighted by atomic mass is 9.83. The van der Waals surface area contributed by atoms with Gasteiger partial charge >= 0.3 is 5.97 Å². The zero-order valence-electron chi connectivity index (χ0n) is 8.02. The summed E-state index contributed by atoms with van der Waals surface area (Å²) in [4.78, 5) is 24.0. The lowest BCUT2D eigenvalue weighted by Crippen LogP contribution is -2.45. The van der Waals surface area contributed by atoms with Crippen molar-refractivity contribution in [3.63, 3.8) is 0 Å². The van der Waals surface area contributed by atoms with Gasteiger partial charge in [0, 0.05) is 13.5 Å². The van der Waals surface area contributed by atoms with Gasteiger partial charge in [0.2, 0.25) is 5.91 Å². The number of carboxylic acids is 1. The summed E-state index contributed by atoms with van der Waals surface area (Å²) >= 11 is 0. The molecule has 0 aromatic heterocycles. The first-order valence-electron chi connectivity index (χ1n) is 4.66. The first-order chi connectivity index (χ1) is 6.58. The van der Waals surface area contributed by atoms with Crippen molar-refractivity contribution in [2.24, 2.45) is 5.41 Å². The number of aliphatic carboxylic acids is 1. The maximum Gasteiger partial charge on any atom is 0.314 e.